The van der Waals surface area contributed by atoms with E-state index in [2.05, 4.69) is 21.2 Å². The standard InChI is InChI=1S/C11H19N3O/c1-2-15-8-7-14-6-4-10(9-14)11-3-5-12-13-11/h3,5,10H,2,4,6-9H2,1H3,(H,12,13). The third kappa shape index (κ3) is 2.79. The fourth-order valence-corrected chi connectivity index (χ4v) is 2.12. The second kappa shape index (κ2) is 5.28. The molecule has 0 amide bonds. The Kier molecular flexibility index (Phi) is 3.75. The Bertz CT molecular complexity index is 273. The van der Waals surface area contributed by atoms with E-state index in [0.717, 1.165) is 26.3 Å². The van der Waals surface area contributed by atoms with Gasteiger partial charge in [0.25, 0.3) is 0 Å². The van der Waals surface area contributed by atoms with Crippen molar-refractivity contribution in [2.24, 2.45) is 0 Å². The van der Waals surface area contributed by atoms with Crippen LogP contribution >= 0.6 is 0 Å². The Morgan fingerprint density at radius 2 is 2.60 bits per heavy atom. The van der Waals surface area contributed by atoms with Gasteiger partial charge in [0.15, 0.2) is 0 Å². The molecule has 1 aliphatic heterocycles. The first-order chi connectivity index (χ1) is 7.40. The van der Waals surface area contributed by atoms with Crippen molar-refractivity contribution in [2.45, 2.75) is 19.3 Å². The maximum atomic E-state index is 5.36. The van der Waals surface area contributed by atoms with Crippen LogP contribution in [0.1, 0.15) is 25.0 Å². The number of nitrogens with one attached hydrogen (secondary N) is 1. The summed E-state index contributed by atoms with van der Waals surface area (Å²) in [6, 6.07) is 2.08. The summed E-state index contributed by atoms with van der Waals surface area (Å²) in [6.07, 6.45) is 3.06. The summed E-state index contributed by atoms with van der Waals surface area (Å²) < 4.78 is 5.36. The molecule has 0 radical (unpaired) electrons. The third-order valence-corrected chi connectivity index (χ3v) is 2.99. The van der Waals surface area contributed by atoms with Crippen molar-refractivity contribution in [1.29, 1.82) is 0 Å². The number of rotatable bonds is 5. The summed E-state index contributed by atoms with van der Waals surface area (Å²) in [5, 5.41) is 7.06. The van der Waals surface area contributed by atoms with E-state index in [9.17, 15) is 0 Å². The summed E-state index contributed by atoms with van der Waals surface area (Å²) in [6.45, 7) is 7.08. The fourth-order valence-electron chi connectivity index (χ4n) is 2.12. The molecule has 1 unspecified atom stereocenters. The van der Waals surface area contributed by atoms with Gasteiger partial charge in [0.05, 0.1) is 6.61 Å². The van der Waals surface area contributed by atoms with Crippen LogP contribution in [0.5, 0.6) is 0 Å². The average molecular weight is 209 g/mol. The molecule has 84 valence electrons. The zero-order valence-electron chi connectivity index (χ0n) is 9.28. The molecule has 0 spiro atoms. The lowest BCUT2D eigenvalue weighted by atomic mass is 10.1. The minimum Gasteiger partial charge on any atom is -0.380 e. The minimum absolute atomic E-state index is 0.633. The van der Waals surface area contributed by atoms with E-state index in [4.69, 9.17) is 4.74 Å². The molecule has 2 heterocycles. The van der Waals surface area contributed by atoms with Crippen molar-refractivity contribution in [2.75, 3.05) is 32.8 Å². The van der Waals surface area contributed by atoms with Gasteiger partial charge in [-0.15, -0.1) is 0 Å². The van der Waals surface area contributed by atoms with Gasteiger partial charge in [-0.1, -0.05) is 0 Å². The van der Waals surface area contributed by atoms with Crippen LogP contribution in [0.3, 0.4) is 0 Å². The van der Waals surface area contributed by atoms with Gasteiger partial charge in [0, 0.05) is 37.5 Å². The van der Waals surface area contributed by atoms with Gasteiger partial charge < -0.3 is 9.64 Å². The molecule has 1 fully saturated rings. The highest BCUT2D eigenvalue weighted by Gasteiger charge is 2.24. The third-order valence-electron chi connectivity index (χ3n) is 2.99. The van der Waals surface area contributed by atoms with E-state index in [1.54, 1.807) is 0 Å². The first kappa shape index (κ1) is 10.6. The number of nitrogens with zero attached hydrogens (tertiary/aromatic N) is 2. The highest BCUT2D eigenvalue weighted by Crippen LogP contribution is 2.24. The van der Waals surface area contributed by atoms with E-state index in [0.29, 0.717) is 5.92 Å². The lowest BCUT2D eigenvalue weighted by Gasteiger charge is -2.15. The monoisotopic (exact) mass is 209 g/mol. The number of likely N-dealkylation sites (tertiary alicyclic amines) is 1. The number of aromatic amines is 1. The molecule has 1 aliphatic rings. The Morgan fingerprint density at radius 3 is 3.33 bits per heavy atom. The first-order valence-corrected chi connectivity index (χ1v) is 5.69. The van der Waals surface area contributed by atoms with E-state index >= 15 is 0 Å². The zero-order valence-corrected chi connectivity index (χ0v) is 9.28. The van der Waals surface area contributed by atoms with E-state index in [1.165, 1.54) is 18.7 Å². The fraction of sp³-hybridized carbons (Fsp3) is 0.727. The molecule has 4 heteroatoms. The van der Waals surface area contributed by atoms with Crippen LogP contribution in [-0.2, 0) is 4.74 Å². The molecule has 2 rings (SSSR count). The maximum Gasteiger partial charge on any atom is 0.0593 e. The molecular weight excluding hydrogens is 190 g/mol. The van der Waals surface area contributed by atoms with E-state index in [1.807, 2.05) is 13.1 Å². The normalized spacial score (nSPS) is 22.3. The Hall–Kier alpha value is -0.870. The topological polar surface area (TPSA) is 41.1 Å². The van der Waals surface area contributed by atoms with Crippen molar-refractivity contribution >= 4 is 0 Å². The first-order valence-electron chi connectivity index (χ1n) is 5.69. The molecule has 1 aromatic rings. The Morgan fingerprint density at radius 1 is 1.67 bits per heavy atom. The second-order valence-electron chi connectivity index (χ2n) is 4.00. The van der Waals surface area contributed by atoms with Crippen LogP contribution in [0.4, 0.5) is 0 Å². The van der Waals surface area contributed by atoms with Crippen LogP contribution in [0.2, 0.25) is 0 Å². The number of hydrogen-bond donors (Lipinski definition) is 1. The maximum absolute atomic E-state index is 5.36. The highest BCUT2D eigenvalue weighted by molar-refractivity contribution is 5.08. The molecule has 4 nitrogen and oxygen atoms in total. The van der Waals surface area contributed by atoms with Gasteiger partial charge in [0.1, 0.15) is 0 Å². The van der Waals surface area contributed by atoms with Crippen LogP contribution < -0.4 is 0 Å². The molecule has 15 heavy (non-hydrogen) atoms. The smallest absolute Gasteiger partial charge is 0.0593 e. The van der Waals surface area contributed by atoms with Crippen LogP contribution in [0.25, 0.3) is 0 Å². The largest absolute Gasteiger partial charge is 0.380 e. The number of hydrogen-bond acceptors (Lipinski definition) is 3. The Balaban J connectivity index is 1.75. The lowest BCUT2D eigenvalue weighted by molar-refractivity contribution is 0.121. The van der Waals surface area contributed by atoms with Crippen molar-refractivity contribution in [3.05, 3.63) is 18.0 Å². The molecule has 0 bridgehead atoms. The summed E-state index contributed by atoms with van der Waals surface area (Å²) in [7, 11) is 0. The van der Waals surface area contributed by atoms with Crippen molar-refractivity contribution in [3.8, 4) is 0 Å². The summed E-state index contributed by atoms with van der Waals surface area (Å²) in [5.41, 5.74) is 1.27. The summed E-state index contributed by atoms with van der Waals surface area (Å²) >= 11 is 0. The molecule has 0 aliphatic carbocycles. The van der Waals surface area contributed by atoms with Crippen molar-refractivity contribution in [1.82, 2.24) is 15.1 Å². The SMILES string of the molecule is CCOCCN1CCC(c2ccn[nH]2)C1. The predicted octanol–water partition coefficient (Wildman–Crippen LogP) is 1.24. The predicted molar refractivity (Wildman–Crippen MR) is 58.9 cm³/mol. The number of aromatic nitrogens is 2. The van der Waals surface area contributed by atoms with E-state index < -0.39 is 0 Å². The van der Waals surface area contributed by atoms with Gasteiger partial charge in [-0.05, 0) is 26.0 Å². The quantitative estimate of drug-likeness (QED) is 0.742. The molecule has 0 saturated carbocycles. The molecule has 1 saturated heterocycles. The summed E-state index contributed by atoms with van der Waals surface area (Å²) in [4.78, 5) is 2.46. The van der Waals surface area contributed by atoms with Crippen LogP contribution in [0, 0.1) is 0 Å². The molecule has 1 aromatic heterocycles. The van der Waals surface area contributed by atoms with Gasteiger partial charge in [-0.3, -0.25) is 5.10 Å². The molecule has 1 atom stereocenters. The van der Waals surface area contributed by atoms with Crippen molar-refractivity contribution < 1.29 is 4.74 Å². The molecular formula is C11H19N3O. The van der Waals surface area contributed by atoms with Gasteiger partial charge in [0.2, 0.25) is 0 Å². The molecule has 1 N–H and O–H groups in total. The van der Waals surface area contributed by atoms with E-state index in [-0.39, 0.29) is 0 Å². The van der Waals surface area contributed by atoms with Crippen molar-refractivity contribution in [3.63, 3.8) is 0 Å². The van der Waals surface area contributed by atoms with Gasteiger partial charge in [-0.25, -0.2) is 0 Å². The average Bonchev–Trinajstić information content (AvgIpc) is 2.87. The van der Waals surface area contributed by atoms with Gasteiger partial charge >= 0.3 is 0 Å². The highest BCUT2D eigenvalue weighted by atomic mass is 16.5. The minimum atomic E-state index is 0.633. The lowest BCUT2D eigenvalue weighted by Crippen LogP contribution is -2.25. The summed E-state index contributed by atoms with van der Waals surface area (Å²) in [5.74, 6) is 0.633. The van der Waals surface area contributed by atoms with Crippen LogP contribution in [-0.4, -0.2) is 47.9 Å². The van der Waals surface area contributed by atoms with Gasteiger partial charge in [-0.2, -0.15) is 5.10 Å². The Labute approximate surface area is 90.6 Å². The number of H-pyrrole nitrogens is 1. The second-order valence-corrected chi connectivity index (χ2v) is 4.00. The van der Waals surface area contributed by atoms with Crippen LogP contribution in [0.15, 0.2) is 12.3 Å². The number of ether oxygens (including phenoxy) is 1. The molecule has 0 aromatic carbocycles. The zero-order chi connectivity index (χ0) is 10.5.